The molecule has 0 unspecified atom stereocenters. The second-order valence-electron chi connectivity index (χ2n) is 5.98. The van der Waals surface area contributed by atoms with Gasteiger partial charge in [-0.2, -0.15) is 0 Å². The standard InChI is InChI=1S/C15H25N3/c1-11-9-12(2)17-14(13(11)10-16-5)18-8-6-7-15(18,3)4/h9,16H,6-8,10H2,1-5H3. The van der Waals surface area contributed by atoms with Crippen LogP contribution in [0.4, 0.5) is 5.82 Å². The fourth-order valence-corrected chi connectivity index (χ4v) is 2.96. The van der Waals surface area contributed by atoms with Crippen molar-refractivity contribution in [2.24, 2.45) is 0 Å². The molecule has 2 heterocycles. The van der Waals surface area contributed by atoms with Gasteiger partial charge in [-0.1, -0.05) is 0 Å². The maximum Gasteiger partial charge on any atom is 0.134 e. The van der Waals surface area contributed by atoms with Crippen LogP contribution in [0.3, 0.4) is 0 Å². The van der Waals surface area contributed by atoms with E-state index in [0.717, 1.165) is 18.8 Å². The molecule has 1 fully saturated rings. The van der Waals surface area contributed by atoms with Gasteiger partial charge in [0.1, 0.15) is 5.82 Å². The van der Waals surface area contributed by atoms with Crippen LogP contribution in [0.5, 0.6) is 0 Å². The summed E-state index contributed by atoms with van der Waals surface area (Å²) in [4.78, 5) is 7.30. The number of pyridine rings is 1. The number of aromatic nitrogens is 1. The van der Waals surface area contributed by atoms with Crippen molar-refractivity contribution in [3.63, 3.8) is 0 Å². The van der Waals surface area contributed by atoms with E-state index in [1.807, 2.05) is 7.05 Å². The molecule has 0 spiro atoms. The fourth-order valence-electron chi connectivity index (χ4n) is 2.96. The van der Waals surface area contributed by atoms with Crippen LogP contribution < -0.4 is 10.2 Å². The van der Waals surface area contributed by atoms with Gasteiger partial charge in [0.15, 0.2) is 0 Å². The molecule has 1 aliphatic rings. The van der Waals surface area contributed by atoms with Gasteiger partial charge in [-0.05, 0) is 59.2 Å². The molecule has 1 aromatic heterocycles. The minimum Gasteiger partial charge on any atom is -0.351 e. The third-order valence-electron chi connectivity index (χ3n) is 3.96. The molecule has 3 heteroatoms. The topological polar surface area (TPSA) is 28.2 Å². The van der Waals surface area contributed by atoms with Gasteiger partial charge >= 0.3 is 0 Å². The number of aryl methyl sites for hydroxylation is 2. The zero-order valence-corrected chi connectivity index (χ0v) is 12.3. The number of hydrogen-bond acceptors (Lipinski definition) is 3. The summed E-state index contributed by atoms with van der Waals surface area (Å²) in [5.74, 6) is 1.18. The van der Waals surface area contributed by atoms with Gasteiger partial charge in [0, 0.05) is 29.9 Å². The van der Waals surface area contributed by atoms with Gasteiger partial charge < -0.3 is 10.2 Å². The van der Waals surface area contributed by atoms with Crippen molar-refractivity contribution in [3.8, 4) is 0 Å². The summed E-state index contributed by atoms with van der Waals surface area (Å²) in [6.45, 7) is 10.9. The Morgan fingerprint density at radius 1 is 1.39 bits per heavy atom. The average Bonchev–Trinajstić information content (AvgIpc) is 2.62. The molecule has 1 N–H and O–H groups in total. The van der Waals surface area contributed by atoms with Crippen LogP contribution in [0, 0.1) is 13.8 Å². The van der Waals surface area contributed by atoms with Crippen molar-refractivity contribution < 1.29 is 0 Å². The number of rotatable bonds is 3. The molecule has 1 aliphatic heterocycles. The van der Waals surface area contributed by atoms with Crippen molar-refractivity contribution >= 4 is 5.82 Å². The number of anilines is 1. The molecular formula is C15H25N3. The zero-order valence-electron chi connectivity index (χ0n) is 12.3. The first-order valence-corrected chi connectivity index (χ1v) is 6.85. The highest BCUT2D eigenvalue weighted by Gasteiger charge is 2.34. The summed E-state index contributed by atoms with van der Waals surface area (Å²) in [6.07, 6.45) is 2.52. The van der Waals surface area contributed by atoms with Crippen LogP contribution in [0.15, 0.2) is 6.07 Å². The molecule has 3 nitrogen and oxygen atoms in total. The molecule has 2 rings (SSSR count). The number of nitrogens with one attached hydrogen (secondary N) is 1. The number of nitrogens with zero attached hydrogens (tertiary/aromatic N) is 2. The Hall–Kier alpha value is -1.09. The summed E-state index contributed by atoms with van der Waals surface area (Å²) >= 11 is 0. The third kappa shape index (κ3) is 2.37. The van der Waals surface area contributed by atoms with E-state index >= 15 is 0 Å². The molecule has 0 amide bonds. The van der Waals surface area contributed by atoms with Crippen LogP contribution in [-0.2, 0) is 6.54 Å². The predicted octanol–water partition coefficient (Wildman–Crippen LogP) is 2.80. The summed E-state index contributed by atoms with van der Waals surface area (Å²) in [5, 5.41) is 3.27. The van der Waals surface area contributed by atoms with E-state index in [4.69, 9.17) is 4.98 Å². The first kappa shape index (κ1) is 13.3. The summed E-state index contributed by atoms with van der Waals surface area (Å²) in [6, 6.07) is 2.18. The smallest absolute Gasteiger partial charge is 0.134 e. The molecule has 0 bridgehead atoms. The summed E-state index contributed by atoms with van der Waals surface area (Å²) in [5.41, 5.74) is 4.04. The van der Waals surface area contributed by atoms with E-state index in [1.54, 1.807) is 0 Å². The van der Waals surface area contributed by atoms with Gasteiger partial charge in [0.2, 0.25) is 0 Å². The molecule has 0 saturated carbocycles. The molecule has 0 aliphatic carbocycles. The third-order valence-corrected chi connectivity index (χ3v) is 3.96. The molecule has 1 aromatic rings. The van der Waals surface area contributed by atoms with Gasteiger partial charge in [-0.15, -0.1) is 0 Å². The molecular weight excluding hydrogens is 222 g/mol. The molecule has 0 radical (unpaired) electrons. The molecule has 100 valence electrons. The van der Waals surface area contributed by atoms with Crippen LogP contribution >= 0.6 is 0 Å². The quantitative estimate of drug-likeness (QED) is 0.890. The van der Waals surface area contributed by atoms with Crippen molar-refractivity contribution in [1.82, 2.24) is 10.3 Å². The maximum absolute atomic E-state index is 4.82. The minimum atomic E-state index is 0.232. The lowest BCUT2D eigenvalue weighted by atomic mass is 10.0. The maximum atomic E-state index is 4.82. The van der Waals surface area contributed by atoms with Gasteiger partial charge in [-0.25, -0.2) is 4.98 Å². The highest BCUT2D eigenvalue weighted by molar-refractivity contribution is 5.54. The average molecular weight is 247 g/mol. The largest absolute Gasteiger partial charge is 0.351 e. The van der Waals surface area contributed by atoms with E-state index in [2.05, 4.69) is 44.0 Å². The zero-order chi connectivity index (χ0) is 13.3. The lowest BCUT2D eigenvalue weighted by molar-refractivity contribution is 0.512. The van der Waals surface area contributed by atoms with E-state index in [1.165, 1.54) is 29.8 Å². The van der Waals surface area contributed by atoms with Crippen molar-refractivity contribution in [1.29, 1.82) is 0 Å². The summed E-state index contributed by atoms with van der Waals surface area (Å²) < 4.78 is 0. The van der Waals surface area contributed by atoms with Gasteiger partial charge in [-0.3, -0.25) is 0 Å². The Bertz CT molecular complexity index is 438. The van der Waals surface area contributed by atoms with Crippen molar-refractivity contribution in [2.45, 2.75) is 52.6 Å². The Morgan fingerprint density at radius 2 is 2.11 bits per heavy atom. The van der Waals surface area contributed by atoms with Crippen LogP contribution in [0.2, 0.25) is 0 Å². The van der Waals surface area contributed by atoms with E-state index in [9.17, 15) is 0 Å². The lowest BCUT2D eigenvalue weighted by Crippen LogP contribution is -2.39. The normalized spacial score (nSPS) is 18.4. The highest BCUT2D eigenvalue weighted by atomic mass is 15.3. The Kier molecular flexibility index (Phi) is 3.62. The van der Waals surface area contributed by atoms with E-state index in [-0.39, 0.29) is 5.54 Å². The monoisotopic (exact) mass is 247 g/mol. The van der Waals surface area contributed by atoms with E-state index in [0.29, 0.717) is 0 Å². The first-order chi connectivity index (χ1) is 8.45. The molecule has 1 saturated heterocycles. The molecule has 18 heavy (non-hydrogen) atoms. The second-order valence-corrected chi connectivity index (χ2v) is 5.98. The molecule has 0 aromatic carbocycles. The Labute approximate surface area is 111 Å². The SMILES string of the molecule is CNCc1c(C)cc(C)nc1N1CCCC1(C)C. The predicted molar refractivity (Wildman–Crippen MR) is 77.1 cm³/mol. The van der Waals surface area contributed by atoms with Crippen LogP contribution in [0.25, 0.3) is 0 Å². The van der Waals surface area contributed by atoms with Gasteiger partial charge in [0.05, 0.1) is 0 Å². The fraction of sp³-hybridized carbons (Fsp3) is 0.667. The highest BCUT2D eigenvalue weighted by Crippen LogP contribution is 2.35. The van der Waals surface area contributed by atoms with Crippen LogP contribution in [0.1, 0.15) is 43.5 Å². The Morgan fingerprint density at radius 3 is 2.67 bits per heavy atom. The summed E-state index contributed by atoms with van der Waals surface area (Å²) in [7, 11) is 2.00. The van der Waals surface area contributed by atoms with Gasteiger partial charge in [0.25, 0.3) is 0 Å². The lowest BCUT2D eigenvalue weighted by Gasteiger charge is -2.34. The molecule has 0 atom stereocenters. The first-order valence-electron chi connectivity index (χ1n) is 6.85. The number of hydrogen-bond donors (Lipinski definition) is 1. The Balaban J connectivity index is 2.48. The van der Waals surface area contributed by atoms with E-state index < -0.39 is 0 Å². The minimum absolute atomic E-state index is 0.232. The van der Waals surface area contributed by atoms with Crippen molar-refractivity contribution in [3.05, 3.63) is 22.9 Å². The second kappa shape index (κ2) is 4.88. The van der Waals surface area contributed by atoms with Crippen molar-refractivity contribution in [2.75, 3.05) is 18.5 Å². The van der Waals surface area contributed by atoms with Crippen LogP contribution in [-0.4, -0.2) is 24.1 Å².